The minimum atomic E-state index is -0.997. The van der Waals surface area contributed by atoms with Crippen LogP contribution in [0.1, 0.15) is 54.4 Å². The topological polar surface area (TPSA) is 93.1 Å². The van der Waals surface area contributed by atoms with Gasteiger partial charge in [-0.2, -0.15) is 0 Å². The molecular weight excluding hydrogens is 384 g/mol. The third-order valence-electron chi connectivity index (χ3n) is 5.86. The van der Waals surface area contributed by atoms with Crippen LogP contribution in [-0.4, -0.2) is 35.4 Å². The van der Waals surface area contributed by atoms with Gasteiger partial charge >= 0.3 is 11.9 Å². The molecule has 6 nitrogen and oxygen atoms in total. The van der Waals surface area contributed by atoms with Gasteiger partial charge in [0.05, 0.1) is 0 Å². The van der Waals surface area contributed by atoms with E-state index in [1.54, 1.807) is 0 Å². The Labute approximate surface area is 176 Å². The molecule has 0 amide bonds. The predicted octanol–water partition coefficient (Wildman–Crippen LogP) is 4.48. The van der Waals surface area contributed by atoms with Crippen LogP contribution in [0, 0.1) is 13.8 Å². The molecule has 6 heteroatoms. The second-order valence-electron chi connectivity index (χ2n) is 7.97. The standard InChI is InChI=1S/C24H28O6/c1-16-12-18(6-8-20(16)29-14-22(25)26)24(10-4-3-5-11-24)19-7-9-21(17(2)13-19)30-15-23(27)28/h6-9,12-13H,3-5,10-11,14-15H2,1-2H3,(H,25,26)(H,27,28). The van der Waals surface area contributed by atoms with Crippen LogP contribution in [0.4, 0.5) is 0 Å². The van der Waals surface area contributed by atoms with Crippen LogP contribution in [0.25, 0.3) is 0 Å². The molecule has 1 saturated carbocycles. The molecule has 1 fully saturated rings. The molecule has 30 heavy (non-hydrogen) atoms. The Morgan fingerprint density at radius 3 is 1.60 bits per heavy atom. The fourth-order valence-corrected chi connectivity index (χ4v) is 4.40. The molecule has 3 rings (SSSR count). The number of ether oxygens (including phenoxy) is 2. The quantitative estimate of drug-likeness (QED) is 0.664. The van der Waals surface area contributed by atoms with Crippen molar-refractivity contribution in [2.75, 3.05) is 13.2 Å². The number of aliphatic carboxylic acids is 2. The zero-order valence-corrected chi connectivity index (χ0v) is 17.4. The zero-order valence-electron chi connectivity index (χ0n) is 17.4. The van der Waals surface area contributed by atoms with E-state index in [9.17, 15) is 9.59 Å². The molecule has 2 N–H and O–H groups in total. The second-order valence-corrected chi connectivity index (χ2v) is 7.97. The third kappa shape index (κ3) is 4.75. The third-order valence-corrected chi connectivity index (χ3v) is 5.86. The highest BCUT2D eigenvalue weighted by molar-refractivity contribution is 5.69. The van der Waals surface area contributed by atoms with Crippen molar-refractivity contribution in [1.29, 1.82) is 0 Å². The van der Waals surface area contributed by atoms with Crippen LogP contribution >= 0.6 is 0 Å². The van der Waals surface area contributed by atoms with E-state index in [0.29, 0.717) is 11.5 Å². The minimum Gasteiger partial charge on any atom is -0.482 e. The lowest BCUT2D eigenvalue weighted by molar-refractivity contribution is -0.140. The van der Waals surface area contributed by atoms with E-state index in [1.807, 2.05) is 38.1 Å². The molecule has 0 aliphatic heterocycles. The van der Waals surface area contributed by atoms with E-state index in [-0.39, 0.29) is 18.6 Å². The average Bonchev–Trinajstić information content (AvgIpc) is 2.72. The summed E-state index contributed by atoms with van der Waals surface area (Å²) < 4.78 is 10.8. The van der Waals surface area contributed by atoms with Crippen molar-refractivity contribution in [3.63, 3.8) is 0 Å². The van der Waals surface area contributed by atoms with E-state index in [2.05, 4.69) is 12.1 Å². The first-order valence-electron chi connectivity index (χ1n) is 10.2. The number of hydrogen-bond donors (Lipinski definition) is 2. The van der Waals surface area contributed by atoms with Gasteiger partial charge in [0.15, 0.2) is 13.2 Å². The number of hydrogen-bond acceptors (Lipinski definition) is 4. The Balaban J connectivity index is 1.95. The van der Waals surface area contributed by atoms with E-state index in [4.69, 9.17) is 19.7 Å². The zero-order chi connectivity index (χ0) is 21.7. The lowest BCUT2D eigenvalue weighted by atomic mass is 9.65. The van der Waals surface area contributed by atoms with Crippen LogP contribution in [0.5, 0.6) is 11.5 Å². The van der Waals surface area contributed by atoms with E-state index in [0.717, 1.165) is 36.8 Å². The summed E-state index contributed by atoms with van der Waals surface area (Å²) in [5, 5.41) is 17.7. The Bertz CT molecular complexity index is 858. The molecule has 0 radical (unpaired) electrons. The Hall–Kier alpha value is -3.02. The SMILES string of the molecule is Cc1cc(C2(c3ccc(OCC(=O)O)c(C)c3)CCCCC2)ccc1OCC(=O)O. The van der Waals surface area contributed by atoms with Crippen LogP contribution < -0.4 is 9.47 Å². The minimum absolute atomic E-state index is 0.134. The van der Waals surface area contributed by atoms with Gasteiger partial charge in [0.1, 0.15) is 11.5 Å². The van der Waals surface area contributed by atoms with Gasteiger partial charge in [0, 0.05) is 5.41 Å². The van der Waals surface area contributed by atoms with Crippen molar-refractivity contribution in [2.24, 2.45) is 0 Å². The van der Waals surface area contributed by atoms with Gasteiger partial charge in [-0.25, -0.2) is 9.59 Å². The molecule has 0 bridgehead atoms. The average molecular weight is 412 g/mol. The van der Waals surface area contributed by atoms with E-state index < -0.39 is 11.9 Å². The highest BCUT2D eigenvalue weighted by Gasteiger charge is 2.36. The van der Waals surface area contributed by atoms with Crippen molar-refractivity contribution in [1.82, 2.24) is 0 Å². The van der Waals surface area contributed by atoms with Crippen LogP contribution in [0.3, 0.4) is 0 Å². The smallest absolute Gasteiger partial charge is 0.341 e. The van der Waals surface area contributed by atoms with Gasteiger partial charge in [0.2, 0.25) is 0 Å². The number of carbonyl (C=O) groups is 2. The molecule has 2 aromatic rings. The Kier molecular flexibility index (Phi) is 6.65. The van der Waals surface area contributed by atoms with Gasteiger partial charge in [-0.05, 0) is 61.1 Å². The van der Waals surface area contributed by atoms with Crippen LogP contribution in [-0.2, 0) is 15.0 Å². The second kappa shape index (κ2) is 9.20. The van der Waals surface area contributed by atoms with Crippen LogP contribution in [0.15, 0.2) is 36.4 Å². The fraction of sp³-hybridized carbons (Fsp3) is 0.417. The first-order chi connectivity index (χ1) is 14.3. The van der Waals surface area contributed by atoms with Crippen molar-refractivity contribution in [3.05, 3.63) is 58.7 Å². The highest BCUT2D eigenvalue weighted by Crippen LogP contribution is 2.46. The van der Waals surface area contributed by atoms with E-state index in [1.165, 1.54) is 17.5 Å². The maximum Gasteiger partial charge on any atom is 0.341 e. The fourth-order valence-electron chi connectivity index (χ4n) is 4.40. The molecule has 0 aromatic heterocycles. The molecule has 0 atom stereocenters. The molecule has 1 aliphatic rings. The molecule has 0 heterocycles. The summed E-state index contributed by atoms with van der Waals surface area (Å²) in [7, 11) is 0. The van der Waals surface area contributed by atoms with Crippen molar-refractivity contribution < 1.29 is 29.3 Å². The molecule has 0 spiro atoms. The number of carboxylic acid groups (broad SMARTS) is 2. The van der Waals surface area contributed by atoms with Crippen LogP contribution in [0.2, 0.25) is 0 Å². The Morgan fingerprint density at radius 1 is 0.800 bits per heavy atom. The molecule has 0 unspecified atom stereocenters. The van der Waals surface area contributed by atoms with Gasteiger partial charge in [-0.3, -0.25) is 0 Å². The van der Waals surface area contributed by atoms with Gasteiger partial charge < -0.3 is 19.7 Å². The van der Waals surface area contributed by atoms with Gasteiger partial charge in [-0.15, -0.1) is 0 Å². The van der Waals surface area contributed by atoms with Gasteiger partial charge in [0.25, 0.3) is 0 Å². The lowest BCUT2D eigenvalue weighted by Crippen LogP contribution is -2.30. The summed E-state index contributed by atoms with van der Waals surface area (Å²) in [4.78, 5) is 21.6. The molecular formula is C24H28O6. The summed E-state index contributed by atoms with van der Waals surface area (Å²) in [5.41, 5.74) is 4.08. The number of benzene rings is 2. The Morgan fingerprint density at radius 2 is 1.23 bits per heavy atom. The predicted molar refractivity (Wildman–Crippen MR) is 112 cm³/mol. The lowest BCUT2D eigenvalue weighted by Gasteiger charge is -2.39. The van der Waals surface area contributed by atoms with Gasteiger partial charge in [-0.1, -0.05) is 43.5 Å². The largest absolute Gasteiger partial charge is 0.482 e. The summed E-state index contributed by atoms with van der Waals surface area (Å²) in [5.74, 6) is -0.827. The summed E-state index contributed by atoms with van der Waals surface area (Å²) in [6.45, 7) is 3.15. The number of aryl methyl sites for hydroxylation is 2. The molecule has 1 aliphatic carbocycles. The van der Waals surface area contributed by atoms with Crippen molar-refractivity contribution in [3.8, 4) is 11.5 Å². The first kappa shape index (κ1) is 21.7. The maximum absolute atomic E-state index is 10.8. The molecule has 0 saturated heterocycles. The summed E-state index contributed by atoms with van der Waals surface area (Å²) in [6, 6.07) is 12.0. The van der Waals surface area contributed by atoms with Crippen molar-refractivity contribution in [2.45, 2.75) is 51.4 Å². The number of rotatable bonds is 8. The normalized spacial score (nSPS) is 15.4. The highest BCUT2D eigenvalue weighted by atomic mass is 16.5. The number of carboxylic acids is 2. The molecule has 2 aromatic carbocycles. The van der Waals surface area contributed by atoms with Crippen molar-refractivity contribution >= 4 is 11.9 Å². The summed E-state index contributed by atoms with van der Waals surface area (Å²) in [6.07, 6.45) is 5.52. The first-order valence-corrected chi connectivity index (χ1v) is 10.2. The molecule has 160 valence electrons. The monoisotopic (exact) mass is 412 g/mol. The van der Waals surface area contributed by atoms with E-state index >= 15 is 0 Å². The maximum atomic E-state index is 10.8. The summed E-state index contributed by atoms with van der Waals surface area (Å²) >= 11 is 0.